The molecule has 1 N–H and O–H groups in total. The van der Waals surface area contributed by atoms with Crippen molar-refractivity contribution in [3.63, 3.8) is 0 Å². The molecule has 0 bridgehead atoms. The van der Waals surface area contributed by atoms with Gasteiger partial charge in [0.15, 0.2) is 5.03 Å². The molecule has 0 aliphatic heterocycles. The Labute approximate surface area is 167 Å². The van der Waals surface area contributed by atoms with E-state index < -0.39 is 21.7 Å². The Balaban J connectivity index is 2.15. The summed E-state index contributed by atoms with van der Waals surface area (Å²) in [5, 5.41) is 6.19. The van der Waals surface area contributed by atoms with E-state index in [1.807, 2.05) is 0 Å². The zero-order chi connectivity index (χ0) is 21.2. The van der Waals surface area contributed by atoms with E-state index in [1.165, 1.54) is 37.5 Å². The Kier molecular flexibility index (Phi) is 5.64. The fourth-order valence-corrected chi connectivity index (χ4v) is 3.91. The van der Waals surface area contributed by atoms with Gasteiger partial charge in [-0.3, -0.25) is 4.98 Å². The Morgan fingerprint density at radius 2 is 1.97 bits per heavy atom. The van der Waals surface area contributed by atoms with Gasteiger partial charge in [0.2, 0.25) is 9.84 Å². The highest BCUT2D eigenvalue weighted by Gasteiger charge is 2.27. The summed E-state index contributed by atoms with van der Waals surface area (Å²) in [6.07, 6.45) is 0.531. The molecule has 2 heterocycles. The lowest BCUT2D eigenvalue weighted by Gasteiger charge is -2.10. The molecule has 2 aromatic heterocycles. The second-order valence-corrected chi connectivity index (χ2v) is 8.20. The first-order chi connectivity index (χ1) is 13.7. The number of halogens is 1. The summed E-state index contributed by atoms with van der Waals surface area (Å²) >= 11 is 0. The van der Waals surface area contributed by atoms with Gasteiger partial charge in [0.1, 0.15) is 23.8 Å². The molecule has 0 spiro atoms. The van der Waals surface area contributed by atoms with Crippen LogP contribution < -0.4 is 5.32 Å². The van der Waals surface area contributed by atoms with Gasteiger partial charge in [0, 0.05) is 25.0 Å². The van der Waals surface area contributed by atoms with Crippen molar-refractivity contribution in [2.75, 3.05) is 7.05 Å². The molecule has 0 radical (unpaired) electrons. The van der Waals surface area contributed by atoms with E-state index >= 15 is 0 Å². The number of ether oxygens (including phenoxy) is 1. The Morgan fingerprint density at radius 3 is 2.62 bits per heavy atom. The number of sulfone groups is 1. The first-order valence-electron chi connectivity index (χ1n) is 8.60. The zero-order valence-electron chi connectivity index (χ0n) is 16.0. The number of benzene rings is 1. The van der Waals surface area contributed by atoms with Crippen LogP contribution in [0.15, 0.2) is 52.5 Å². The van der Waals surface area contributed by atoms with E-state index in [9.17, 15) is 17.6 Å². The standard InChI is InChI=1S/C19H19FN4O4S/c1-12-4-7-16(20)17(8-12)24-18(9-14(23-24)11-28-19(25)21-3)29(26,27)15-6-5-13(2)22-10-15/h4-10H,11H2,1-3H3,(H,21,25). The van der Waals surface area contributed by atoms with Gasteiger partial charge in [-0.1, -0.05) is 6.07 Å². The highest BCUT2D eigenvalue weighted by atomic mass is 32.2. The number of pyridine rings is 1. The number of alkyl carbamates (subject to hydrolysis) is 1. The first-order valence-corrected chi connectivity index (χ1v) is 10.1. The van der Waals surface area contributed by atoms with Gasteiger partial charge >= 0.3 is 6.09 Å². The molecule has 0 saturated carbocycles. The molecule has 0 aliphatic carbocycles. The maximum Gasteiger partial charge on any atom is 0.407 e. The minimum atomic E-state index is -4.07. The number of hydrogen-bond donors (Lipinski definition) is 1. The highest BCUT2D eigenvalue weighted by molar-refractivity contribution is 7.91. The molecule has 0 saturated heterocycles. The summed E-state index contributed by atoms with van der Waals surface area (Å²) in [4.78, 5) is 15.3. The number of amides is 1. The lowest BCUT2D eigenvalue weighted by Crippen LogP contribution is -2.19. The smallest absolute Gasteiger partial charge is 0.407 e. The van der Waals surface area contributed by atoms with Crippen molar-refractivity contribution >= 4 is 15.9 Å². The van der Waals surface area contributed by atoms with Crippen LogP contribution in [0.5, 0.6) is 0 Å². The van der Waals surface area contributed by atoms with E-state index in [2.05, 4.69) is 15.4 Å². The largest absolute Gasteiger partial charge is 0.443 e. The second kappa shape index (κ2) is 8.00. The summed E-state index contributed by atoms with van der Waals surface area (Å²) in [5.74, 6) is -0.643. The van der Waals surface area contributed by atoms with Crippen molar-refractivity contribution in [3.05, 3.63) is 65.4 Å². The van der Waals surface area contributed by atoms with Gasteiger partial charge in [-0.05, 0) is 43.7 Å². The average Bonchev–Trinajstić information content (AvgIpc) is 3.13. The molecule has 0 unspecified atom stereocenters. The maximum atomic E-state index is 14.5. The van der Waals surface area contributed by atoms with Crippen molar-refractivity contribution < 1.29 is 22.3 Å². The molecule has 0 atom stereocenters. The predicted molar refractivity (Wildman–Crippen MR) is 102 cm³/mol. The van der Waals surface area contributed by atoms with Crippen LogP contribution in [-0.2, 0) is 21.2 Å². The molecule has 3 rings (SSSR count). The van der Waals surface area contributed by atoms with E-state index in [-0.39, 0.29) is 27.9 Å². The van der Waals surface area contributed by atoms with E-state index in [0.29, 0.717) is 5.69 Å². The monoisotopic (exact) mass is 418 g/mol. The third-order valence-electron chi connectivity index (χ3n) is 4.08. The maximum absolute atomic E-state index is 14.5. The molecule has 10 heteroatoms. The SMILES string of the molecule is CNC(=O)OCc1cc(S(=O)(=O)c2ccc(C)nc2)n(-c2cc(C)ccc2F)n1. The van der Waals surface area contributed by atoms with Crippen LogP contribution in [-0.4, -0.2) is 36.3 Å². The molecule has 29 heavy (non-hydrogen) atoms. The minimum Gasteiger partial charge on any atom is -0.443 e. The second-order valence-electron chi connectivity index (χ2n) is 6.31. The van der Waals surface area contributed by atoms with E-state index in [4.69, 9.17) is 4.74 Å². The van der Waals surface area contributed by atoms with Gasteiger partial charge in [0.05, 0.1) is 4.90 Å². The van der Waals surface area contributed by atoms with Gasteiger partial charge in [0.25, 0.3) is 0 Å². The van der Waals surface area contributed by atoms with Gasteiger partial charge < -0.3 is 10.1 Å². The molecular weight excluding hydrogens is 399 g/mol. The van der Waals surface area contributed by atoms with Crippen LogP contribution in [0.4, 0.5) is 9.18 Å². The number of carbonyl (C=O) groups excluding carboxylic acids is 1. The normalized spacial score (nSPS) is 11.3. The summed E-state index contributed by atoms with van der Waals surface area (Å²) in [5.41, 5.74) is 1.49. The van der Waals surface area contributed by atoms with Crippen LogP contribution in [0.2, 0.25) is 0 Å². The summed E-state index contributed by atoms with van der Waals surface area (Å²) in [7, 11) is -2.68. The Hall–Kier alpha value is -3.27. The molecule has 3 aromatic rings. The topological polar surface area (TPSA) is 103 Å². The summed E-state index contributed by atoms with van der Waals surface area (Å²) in [6, 6.07) is 8.52. The Morgan fingerprint density at radius 1 is 1.21 bits per heavy atom. The molecule has 1 aromatic carbocycles. The van der Waals surface area contributed by atoms with E-state index in [1.54, 1.807) is 26.0 Å². The average molecular weight is 418 g/mol. The summed E-state index contributed by atoms with van der Waals surface area (Å²) in [6.45, 7) is 3.20. The molecule has 0 fully saturated rings. The highest BCUT2D eigenvalue weighted by Crippen LogP contribution is 2.26. The summed E-state index contributed by atoms with van der Waals surface area (Å²) < 4.78 is 46.8. The van der Waals surface area contributed by atoms with Crippen LogP contribution in [0, 0.1) is 19.7 Å². The molecule has 152 valence electrons. The molecule has 8 nitrogen and oxygen atoms in total. The van der Waals surface area contributed by atoms with Crippen LogP contribution in [0.3, 0.4) is 0 Å². The fraction of sp³-hybridized carbons (Fsp3) is 0.211. The van der Waals surface area contributed by atoms with Gasteiger partial charge in [-0.2, -0.15) is 5.10 Å². The van der Waals surface area contributed by atoms with E-state index in [0.717, 1.165) is 10.2 Å². The molecule has 1 amide bonds. The van der Waals surface area contributed by atoms with Crippen LogP contribution in [0.1, 0.15) is 17.0 Å². The lowest BCUT2D eigenvalue weighted by molar-refractivity contribution is 0.140. The number of rotatable bonds is 5. The quantitative estimate of drug-likeness (QED) is 0.683. The number of aromatic nitrogens is 3. The van der Waals surface area contributed by atoms with Crippen molar-refractivity contribution in [1.82, 2.24) is 20.1 Å². The predicted octanol–water partition coefficient (Wildman–Crippen LogP) is 2.71. The zero-order valence-corrected chi connectivity index (χ0v) is 16.8. The van der Waals surface area contributed by atoms with Crippen molar-refractivity contribution in [2.24, 2.45) is 0 Å². The number of hydrogen-bond acceptors (Lipinski definition) is 6. The van der Waals surface area contributed by atoms with Crippen molar-refractivity contribution in [3.8, 4) is 5.69 Å². The minimum absolute atomic E-state index is 0.0326. The third kappa shape index (κ3) is 4.27. The Bertz CT molecular complexity index is 1160. The van der Waals surface area contributed by atoms with Gasteiger partial charge in [-0.15, -0.1) is 0 Å². The van der Waals surface area contributed by atoms with Crippen molar-refractivity contribution in [2.45, 2.75) is 30.4 Å². The van der Waals surface area contributed by atoms with Gasteiger partial charge in [-0.25, -0.2) is 22.3 Å². The van der Waals surface area contributed by atoms with Crippen LogP contribution >= 0.6 is 0 Å². The molecule has 0 aliphatic rings. The third-order valence-corrected chi connectivity index (χ3v) is 5.79. The van der Waals surface area contributed by atoms with Crippen LogP contribution in [0.25, 0.3) is 5.69 Å². The number of carbonyl (C=O) groups is 1. The lowest BCUT2D eigenvalue weighted by atomic mass is 10.2. The number of aryl methyl sites for hydroxylation is 2. The van der Waals surface area contributed by atoms with Crippen molar-refractivity contribution in [1.29, 1.82) is 0 Å². The fourth-order valence-electron chi connectivity index (χ4n) is 2.58. The number of nitrogens with zero attached hydrogens (tertiary/aromatic N) is 3. The number of nitrogens with one attached hydrogen (secondary N) is 1. The first kappa shape index (κ1) is 20.5. The molecular formula is C19H19FN4O4S.